The Kier molecular flexibility index (Phi) is 24.0. The van der Waals surface area contributed by atoms with Gasteiger partial charge in [0.25, 0.3) is 0 Å². The average Bonchev–Trinajstić information content (AvgIpc) is 0.805. The van der Waals surface area contributed by atoms with Crippen molar-refractivity contribution in [3.63, 3.8) is 0 Å². The van der Waals surface area contributed by atoms with Crippen molar-refractivity contribution in [2.75, 3.05) is 7.05 Å². The molecule has 5 radical (unpaired) electrons. The fourth-order valence-electron chi connectivity index (χ4n) is 11.2. The van der Waals surface area contributed by atoms with Crippen LogP contribution in [0.2, 0.25) is 0 Å². The number of thiazole rings is 1. The molecule has 1 atom stereocenters. The maximum atomic E-state index is 14.2. The van der Waals surface area contributed by atoms with Gasteiger partial charge < -0.3 is 0 Å². The van der Waals surface area contributed by atoms with Crippen molar-refractivity contribution in [1.82, 2.24) is 9.65 Å². The molecule has 1 saturated carbocycles. The molecule has 0 spiro atoms. The van der Waals surface area contributed by atoms with Crippen LogP contribution in [0.4, 0.5) is 105 Å². The third-order valence-electron chi connectivity index (χ3n) is 15.5. The van der Waals surface area contributed by atoms with E-state index < -0.39 is 203 Å². The quantitative estimate of drug-likeness (QED) is 0.0813. The molecular weight excluding hydrogens is 1540 g/mol. The minimum absolute atomic E-state index is 0. The molecule has 1 aromatic heterocycles. The second-order valence-corrected chi connectivity index (χ2v) is 25.3. The molecule has 0 amide bonds. The Labute approximate surface area is 553 Å². The summed E-state index contributed by atoms with van der Waals surface area (Å²) >= 11 is 1.88. The summed E-state index contributed by atoms with van der Waals surface area (Å²) in [6.45, 7) is 0. The fraction of sp³-hybridized carbons (Fsp3) is 0.258. The van der Waals surface area contributed by atoms with Gasteiger partial charge in [0.2, 0.25) is 0 Å². The number of benzene rings is 7. The predicted octanol–water partition coefficient (Wildman–Crippen LogP) is 19.8. The van der Waals surface area contributed by atoms with E-state index in [-0.39, 0.29) is 20.1 Å². The third-order valence-corrected chi connectivity index (χ3v) is 19.2. The number of halogens is 24. The number of rotatable bonds is 9. The van der Waals surface area contributed by atoms with Crippen LogP contribution in [0.5, 0.6) is 0 Å². The molecule has 0 N–H and O–H groups in total. The van der Waals surface area contributed by atoms with Crippen LogP contribution in [0, 0.1) is 25.7 Å². The molecule has 0 aliphatic heterocycles. The minimum atomic E-state index is -6.13. The van der Waals surface area contributed by atoms with Gasteiger partial charge >= 0.3 is 49.4 Å². The second-order valence-electron chi connectivity index (χ2n) is 22.0. The average molecular weight is 1590 g/mol. The monoisotopic (exact) mass is 1590 g/mol. The van der Waals surface area contributed by atoms with Crippen molar-refractivity contribution in [3.05, 3.63) is 245 Å². The van der Waals surface area contributed by atoms with Crippen molar-refractivity contribution in [2.24, 2.45) is 0 Å². The van der Waals surface area contributed by atoms with Gasteiger partial charge in [0, 0.05) is 38.6 Å². The zero-order chi connectivity index (χ0) is 69.9. The summed E-state index contributed by atoms with van der Waals surface area (Å²) in [5.41, 5.74) is -27.7. The van der Waals surface area contributed by atoms with Gasteiger partial charge in [-0.25, -0.2) is 4.98 Å². The molecule has 2 aliphatic carbocycles. The number of aromatic nitrogens is 1. The number of hydrogen-bond acceptors (Lipinski definition) is 3. The molecule has 1 heterocycles. The second kappa shape index (κ2) is 30.0. The van der Waals surface area contributed by atoms with E-state index >= 15 is 0 Å². The van der Waals surface area contributed by atoms with Crippen LogP contribution in [-0.2, 0) is 75.9 Å². The summed E-state index contributed by atoms with van der Waals surface area (Å²) < 4.78 is 343. The molecular formula is C66H49BF24IrN2PS-. The molecule has 2 nitrogen and oxygen atoms in total. The summed E-state index contributed by atoms with van der Waals surface area (Å²) in [6.07, 6.45) is -37.3. The summed E-state index contributed by atoms with van der Waals surface area (Å²) in [6, 6.07) is 24.1. The first-order valence-electron chi connectivity index (χ1n) is 28.4. The van der Waals surface area contributed by atoms with Crippen LogP contribution in [-0.4, -0.2) is 22.8 Å². The van der Waals surface area contributed by atoms with Crippen molar-refractivity contribution in [1.29, 1.82) is 0 Å². The molecule has 10 rings (SSSR count). The number of hydrogen-bond donors (Lipinski definition) is 0. The first-order chi connectivity index (χ1) is 44.1. The molecule has 7 aromatic carbocycles. The van der Waals surface area contributed by atoms with Gasteiger partial charge in [-0.1, -0.05) is 140 Å². The van der Waals surface area contributed by atoms with Gasteiger partial charge in [0.1, 0.15) is 11.2 Å². The van der Waals surface area contributed by atoms with Gasteiger partial charge in [-0.15, -0.1) is 11.3 Å². The van der Waals surface area contributed by atoms with Crippen LogP contribution >= 0.6 is 19.4 Å². The zero-order valence-corrected chi connectivity index (χ0v) is 53.3. The van der Waals surface area contributed by atoms with Crippen LogP contribution in [0.1, 0.15) is 99.6 Å². The minimum Gasteiger partial charge on any atom is -0.269 e. The molecule has 30 heteroatoms. The third kappa shape index (κ3) is 18.7. The van der Waals surface area contributed by atoms with Crippen molar-refractivity contribution >= 4 is 58.0 Å². The standard InChI is InChI=1S/C32H12BF24.C26H25N2PS.C8H12.Ir/c34-25(35,36)13-1-14(26(37,38)39)6-21(5-13)33(22-7-15(27(40,41)42)2-16(8-22)28(43,44)45,23-9-17(29(46,47)48)3-18(10-23)30(49,50)51)24-11-19(31(52,53)54)4-20(12-24)32(55,56)57;1-28(29(21-14-7-3-8-15-21)22-16-9-4-10-17-22)23-18-11-19-24-25(23)27-26(30-24)20-12-5-2-6-13-20;1-2-4-6-8-7-5-3-1;/h1-12H;2-10,12-17,23H,11,18-19H2,1H3;1-2,7-8H,3-6H2;/q-1;;;/t;23-;;/m.1../s1. The van der Waals surface area contributed by atoms with Gasteiger partial charge in [-0.2, -0.15) is 127 Å². The summed E-state index contributed by atoms with van der Waals surface area (Å²) in [5, 5.41) is 3.95. The Morgan fingerprint density at radius 3 is 0.906 bits per heavy atom. The maximum Gasteiger partial charge on any atom is 0.416 e. The number of fused-ring (bicyclic) bond motifs is 1. The normalized spacial score (nSPS) is 15.5. The van der Waals surface area contributed by atoms with Crippen LogP contribution in [0.25, 0.3) is 10.6 Å². The van der Waals surface area contributed by atoms with E-state index in [1.807, 2.05) is 11.3 Å². The van der Waals surface area contributed by atoms with Gasteiger partial charge in [0.15, 0.2) is 0 Å². The Hall–Kier alpha value is -6.41. The van der Waals surface area contributed by atoms with Crippen LogP contribution < -0.4 is 32.5 Å². The van der Waals surface area contributed by atoms with E-state index in [0.717, 1.165) is 11.4 Å². The Bertz CT molecular complexity index is 3380. The molecule has 96 heavy (non-hydrogen) atoms. The number of aryl methyl sites for hydroxylation is 1. The summed E-state index contributed by atoms with van der Waals surface area (Å²) in [5.74, 6) is 0. The van der Waals surface area contributed by atoms with E-state index in [2.05, 4.69) is 128 Å². The topological polar surface area (TPSA) is 16.1 Å². The van der Waals surface area contributed by atoms with Gasteiger partial charge in [-0.3, -0.25) is 4.67 Å². The SMILES string of the molecule is CN([C@@H]1CCCc2sc(-c3ccccc3)nc21)P(c1ccccc1)c1ccccc1.FC(F)(F)c1cc([B-](c2cc(C(F)(F)F)cc(C(F)(F)F)c2)(c2cc(C(F)(F)F)cc(C(F)(F)F)c2)c2cc(C(F)(F)F)cc(C(F)(F)F)c2)cc(C(F)(F)F)c1.[CH]1[CH]CC[CH][CH]CC1.[Ir]. The van der Waals surface area contributed by atoms with Crippen LogP contribution in [0.3, 0.4) is 0 Å². The predicted molar refractivity (Wildman–Crippen MR) is 316 cm³/mol. The van der Waals surface area contributed by atoms with Crippen molar-refractivity contribution < 1.29 is 125 Å². The molecule has 0 unspecified atom stereocenters. The number of nitrogens with zero attached hydrogens (tertiary/aromatic N) is 2. The van der Waals surface area contributed by atoms with E-state index in [0.29, 0.717) is 6.04 Å². The zero-order valence-electron chi connectivity index (χ0n) is 49.2. The Morgan fingerprint density at radius 1 is 0.385 bits per heavy atom. The van der Waals surface area contributed by atoms with E-state index in [1.165, 1.54) is 65.3 Å². The Morgan fingerprint density at radius 2 is 0.646 bits per heavy atom. The fourth-order valence-corrected chi connectivity index (χ4v) is 14.8. The summed E-state index contributed by atoms with van der Waals surface area (Å²) in [7, 11) is 1.69. The van der Waals surface area contributed by atoms with Crippen LogP contribution in [0.15, 0.2) is 164 Å². The number of alkyl halides is 24. The van der Waals surface area contributed by atoms with Crippen molar-refractivity contribution in [2.45, 2.75) is 100 Å². The smallest absolute Gasteiger partial charge is 0.269 e. The van der Waals surface area contributed by atoms with Gasteiger partial charge in [-0.05, 0) is 113 Å². The van der Waals surface area contributed by atoms with E-state index in [9.17, 15) is 105 Å². The molecule has 0 bridgehead atoms. The molecule has 2 aliphatic rings. The van der Waals surface area contributed by atoms with Crippen molar-refractivity contribution in [3.8, 4) is 10.6 Å². The molecule has 1 fully saturated rings. The molecule has 515 valence electrons. The first kappa shape index (κ1) is 77.0. The van der Waals surface area contributed by atoms with Gasteiger partial charge in [0.05, 0.1) is 56.2 Å². The first-order valence-corrected chi connectivity index (χ1v) is 30.5. The Balaban J connectivity index is 0.000000273. The summed E-state index contributed by atoms with van der Waals surface area (Å²) in [4.78, 5) is 6.65. The maximum absolute atomic E-state index is 14.2. The largest absolute Gasteiger partial charge is 0.416 e. The molecule has 0 saturated heterocycles. The van der Waals surface area contributed by atoms with E-state index in [4.69, 9.17) is 4.98 Å². The van der Waals surface area contributed by atoms with E-state index in [1.54, 1.807) is 0 Å². The molecule has 8 aromatic rings.